The molecule has 0 radical (unpaired) electrons. The molecule has 0 aliphatic carbocycles. The Bertz CT molecular complexity index is 405. The number of halogens is 1. The lowest BCUT2D eigenvalue weighted by Gasteiger charge is -2.14. The topological polar surface area (TPSA) is 87.7 Å². The van der Waals surface area contributed by atoms with Crippen molar-refractivity contribution < 1.29 is 10.0 Å². The molecule has 1 heterocycles. The number of carbonyl (C=O) groups excluding carboxylic acids is 1. The number of thiophene rings is 1. The van der Waals surface area contributed by atoms with E-state index in [1.807, 2.05) is 6.92 Å². The maximum absolute atomic E-state index is 11.7. The molecule has 1 unspecified atom stereocenters. The standard InChI is InChI=1S/C9H12ClN3O2S/c1-2-5(8(11)13-15)12-9(14)6-3-4-7(10)16-6/h3-5,15H,2H2,1H3,(H2,11,13)(H,12,14). The zero-order valence-electron chi connectivity index (χ0n) is 8.61. The Morgan fingerprint density at radius 3 is 2.88 bits per heavy atom. The highest BCUT2D eigenvalue weighted by Gasteiger charge is 2.16. The van der Waals surface area contributed by atoms with E-state index in [2.05, 4.69) is 10.5 Å². The SMILES string of the molecule is CCC(NC(=O)c1ccc(Cl)s1)C(N)=NO. The Labute approximate surface area is 102 Å². The molecule has 1 atom stereocenters. The maximum atomic E-state index is 11.7. The zero-order valence-corrected chi connectivity index (χ0v) is 10.2. The summed E-state index contributed by atoms with van der Waals surface area (Å²) in [5.74, 6) is -0.297. The van der Waals surface area contributed by atoms with Crippen LogP contribution in [0.15, 0.2) is 17.3 Å². The van der Waals surface area contributed by atoms with E-state index >= 15 is 0 Å². The fourth-order valence-corrected chi connectivity index (χ4v) is 2.07. The lowest BCUT2D eigenvalue weighted by atomic mass is 10.2. The summed E-state index contributed by atoms with van der Waals surface area (Å²) in [6.45, 7) is 1.82. The predicted molar refractivity (Wildman–Crippen MR) is 64.3 cm³/mol. The van der Waals surface area contributed by atoms with E-state index in [9.17, 15) is 4.79 Å². The van der Waals surface area contributed by atoms with Gasteiger partial charge < -0.3 is 16.3 Å². The number of carbonyl (C=O) groups is 1. The Hall–Kier alpha value is -1.27. The molecule has 0 fully saturated rings. The van der Waals surface area contributed by atoms with Crippen LogP contribution in [0.3, 0.4) is 0 Å². The summed E-state index contributed by atoms with van der Waals surface area (Å²) < 4.78 is 0.544. The van der Waals surface area contributed by atoms with Gasteiger partial charge in [-0.15, -0.1) is 11.3 Å². The van der Waals surface area contributed by atoms with Crippen LogP contribution in [0.2, 0.25) is 4.34 Å². The van der Waals surface area contributed by atoms with E-state index in [0.29, 0.717) is 15.6 Å². The van der Waals surface area contributed by atoms with E-state index < -0.39 is 6.04 Å². The molecule has 16 heavy (non-hydrogen) atoms. The Morgan fingerprint density at radius 1 is 1.75 bits per heavy atom. The van der Waals surface area contributed by atoms with Crippen molar-refractivity contribution in [1.29, 1.82) is 0 Å². The monoisotopic (exact) mass is 261 g/mol. The van der Waals surface area contributed by atoms with Crippen molar-refractivity contribution in [2.45, 2.75) is 19.4 Å². The first kappa shape index (κ1) is 12.8. The highest BCUT2D eigenvalue weighted by Crippen LogP contribution is 2.21. The number of nitrogens with two attached hydrogens (primary N) is 1. The summed E-state index contributed by atoms with van der Waals surface area (Å²) in [4.78, 5) is 12.2. The van der Waals surface area contributed by atoms with E-state index in [-0.39, 0.29) is 11.7 Å². The first-order valence-electron chi connectivity index (χ1n) is 4.62. The molecule has 0 aliphatic heterocycles. The molecule has 0 spiro atoms. The second kappa shape index (κ2) is 5.72. The predicted octanol–water partition coefficient (Wildman–Crippen LogP) is 1.66. The normalized spacial score (nSPS) is 13.5. The molecule has 0 aromatic carbocycles. The van der Waals surface area contributed by atoms with Crippen LogP contribution in [0.25, 0.3) is 0 Å². The molecule has 1 amide bonds. The summed E-state index contributed by atoms with van der Waals surface area (Å²) >= 11 is 6.89. The molecule has 5 nitrogen and oxygen atoms in total. The van der Waals surface area contributed by atoms with Gasteiger partial charge in [0.15, 0.2) is 5.84 Å². The zero-order chi connectivity index (χ0) is 12.1. The molecule has 0 saturated heterocycles. The fourth-order valence-electron chi connectivity index (χ4n) is 1.12. The van der Waals surface area contributed by atoms with E-state index in [1.54, 1.807) is 12.1 Å². The van der Waals surface area contributed by atoms with Gasteiger partial charge >= 0.3 is 0 Å². The quantitative estimate of drug-likeness (QED) is 0.333. The fraction of sp³-hybridized carbons (Fsp3) is 0.333. The summed E-state index contributed by atoms with van der Waals surface area (Å²) in [7, 11) is 0. The first-order chi connectivity index (χ1) is 7.58. The van der Waals surface area contributed by atoms with Crippen LogP contribution in [0, 0.1) is 0 Å². The number of amidine groups is 1. The van der Waals surface area contributed by atoms with Crippen molar-refractivity contribution in [3.05, 3.63) is 21.3 Å². The minimum Gasteiger partial charge on any atom is -0.409 e. The smallest absolute Gasteiger partial charge is 0.261 e. The number of oxime groups is 1. The molecule has 0 bridgehead atoms. The Morgan fingerprint density at radius 2 is 2.44 bits per heavy atom. The highest BCUT2D eigenvalue weighted by molar-refractivity contribution is 7.18. The van der Waals surface area contributed by atoms with Gasteiger partial charge in [-0.1, -0.05) is 23.7 Å². The van der Waals surface area contributed by atoms with Crippen LogP contribution in [0.4, 0.5) is 0 Å². The van der Waals surface area contributed by atoms with Crippen molar-refractivity contribution >= 4 is 34.7 Å². The third-order valence-corrected chi connectivity index (χ3v) is 3.21. The third-order valence-electron chi connectivity index (χ3n) is 1.98. The Balaban J connectivity index is 2.70. The lowest BCUT2D eigenvalue weighted by Crippen LogP contribution is -2.43. The van der Waals surface area contributed by atoms with Gasteiger partial charge in [-0.05, 0) is 18.6 Å². The summed E-state index contributed by atoms with van der Waals surface area (Å²) in [5.41, 5.74) is 5.42. The van der Waals surface area contributed by atoms with Crippen LogP contribution >= 0.6 is 22.9 Å². The van der Waals surface area contributed by atoms with Crippen LogP contribution in [0.1, 0.15) is 23.0 Å². The minimum atomic E-state index is -0.474. The van der Waals surface area contributed by atoms with E-state index in [4.69, 9.17) is 22.5 Å². The molecule has 1 aromatic rings. The number of nitrogens with one attached hydrogen (secondary N) is 1. The maximum Gasteiger partial charge on any atom is 0.261 e. The Kier molecular flexibility index (Phi) is 4.57. The lowest BCUT2D eigenvalue weighted by molar-refractivity contribution is 0.0949. The molecule has 4 N–H and O–H groups in total. The molecular weight excluding hydrogens is 250 g/mol. The van der Waals surface area contributed by atoms with Crippen molar-refractivity contribution in [2.75, 3.05) is 0 Å². The van der Waals surface area contributed by atoms with Gasteiger partial charge in [0.25, 0.3) is 5.91 Å². The second-order valence-electron chi connectivity index (χ2n) is 3.06. The van der Waals surface area contributed by atoms with Gasteiger partial charge in [0.1, 0.15) is 0 Å². The van der Waals surface area contributed by atoms with Gasteiger partial charge in [0.2, 0.25) is 0 Å². The van der Waals surface area contributed by atoms with Crippen LogP contribution < -0.4 is 11.1 Å². The van der Waals surface area contributed by atoms with Gasteiger partial charge in [-0.3, -0.25) is 4.79 Å². The summed E-state index contributed by atoms with van der Waals surface area (Å²) in [6, 6.07) is 2.80. The molecule has 88 valence electrons. The highest BCUT2D eigenvalue weighted by atomic mass is 35.5. The van der Waals surface area contributed by atoms with Crippen molar-refractivity contribution in [2.24, 2.45) is 10.9 Å². The van der Waals surface area contributed by atoms with Crippen LogP contribution in [0.5, 0.6) is 0 Å². The van der Waals surface area contributed by atoms with Crippen molar-refractivity contribution in [1.82, 2.24) is 5.32 Å². The molecular formula is C9H12ClN3O2S. The molecule has 7 heteroatoms. The first-order valence-corrected chi connectivity index (χ1v) is 5.81. The summed E-state index contributed by atoms with van der Waals surface area (Å²) in [5, 5.41) is 14.0. The van der Waals surface area contributed by atoms with Crippen LogP contribution in [-0.4, -0.2) is 23.0 Å². The third kappa shape index (κ3) is 3.11. The van der Waals surface area contributed by atoms with E-state index in [1.165, 1.54) is 11.3 Å². The number of nitrogens with zero attached hydrogens (tertiary/aromatic N) is 1. The van der Waals surface area contributed by atoms with Gasteiger partial charge in [0.05, 0.1) is 15.3 Å². The molecule has 1 rings (SSSR count). The van der Waals surface area contributed by atoms with Crippen LogP contribution in [-0.2, 0) is 0 Å². The largest absolute Gasteiger partial charge is 0.409 e. The van der Waals surface area contributed by atoms with Crippen molar-refractivity contribution in [3.8, 4) is 0 Å². The molecule has 1 aromatic heterocycles. The summed E-state index contributed by atoms with van der Waals surface area (Å²) in [6.07, 6.45) is 0.542. The number of hydrogen-bond acceptors (Lipinski definition) is 4. The molecule has 0 saturated carbocycles. The molecule has 0 aliphatic rings. The minimum absolute atomic E-state index is 0.0153. The van der Waals surface area contributed by atoms with Gasteiger partial charge in [-0.25, -0.2) is 0 Å². The average molecular weight is 262 g/mol. The van der Waals surface area contributed by atoms with Gasteiger partial charge in [0, 0.05) is 0 Å². The van der Waals surface area contributed by atoms with Gasteiger partial charge in [-0.2, -0.15) is 0 Å². The number of rotatable bonds is 4. The van der Waals surface area contributed by atoms with E-state index in [0.717, 1.165) is 0 Å². The number of hydrogen-bond donors (Lipinski definition) is 3. The average Bonchev–Trinajstić information content (AvgIpc) is 2.71. The second-order valence-corrected chi connectivity index (χ2v) is 4.78. The van der Waals surface area contributed by atoms with Crippen molar-refractivity contribution in [3.63, 3.8) is 0 Å². The number of amides is 1.